The van der Waals surface area contributed by atoms with E-state index >= 15 is 0 Å². The second-order valence-electron chi connectivity index (χ2n) is 7.78. The maximum atomic E-state index is 12.3. The van der Waals surface area contributed by atoms with E-state index in [1.807, 2.05) is 0 Å². The van der Waals surface area contributed by atoms with Gasteiger partial charge in [0.15, 0.2) is 0 Å². The van der Waals surface area contributed by atoms with Crippen molar-refractivity contribution in [2.75, 3.05) is 26.8 Å². The van der Waals surface area contributed by atoms with E-state index in [1.54, 1.807) is 14.0 Å². The van der Waals surface area contributed by atoms with Crippen molar-refractivity contribution >= 4 is 5.78 Å². The molecule has 0 saturated carbocycles. The maximum absolute atomic E-state index is 12.3. The lowest BCUT2D eigenvalue weighted by molar-refractivity contribution is -0.124. The van der Waals surface area contributed by atoms with Gasteiger partial charge in [0.25, 0.3) is 0 Å². The molecule has 0 bridgehead atoms. The number of likely N-dealkylation sites (tertiary alicyclic amines) is 1. The predicted molar refractivity (Wildman–Crippen MR) is 111 cm³/mol. The number of Topliss-reactive ketones (excluding diaryl/α,β-unsaturated/α-hetero) is 1. The summed E-state index contributed by atoms with van der Waals surface area (Å²) in [5, 5.41) is 0. The molecule has 26 heavy (non-hydrogen) atoms. The van der Waals surface area contributed by atoms with Crippen molar-refractivity contribution < 1.29 is 9.53 Å². The number of carbonyl (C=O) groups excluding carboxylic acids is 1. The zero-order valence-corrected chi connectivity index (χ0v) is 17.8. The van der Waals surface area contributed by atoms with Gasteiger partial charge in [-0.2, -0.15) is 0 Å². The fourth-order valence-electron chi connectivity index (χ4n) is 3.84. The van der Waals surface area contributed by atoms with Gasteiger partial charge in [-0.3, -0.25) is 4.79 Å². The van der Waals surface area contributed by atoms with Gasteiger partial charge in [0, 0.05) is 19.8 Å². The molecule has 1 aromatic carbocycles. The fourth-order valence-corrected chi connectivity index (χ4v) is 3.84. The summed E-state index contributed by atoms with van der Waals surface area (Å²) in [6.45, 7) is 13.5. The summed E-state index contributed by atoms with van der Waals surface area (Å²) in [5.41, 5.74) is 2.23. The van der Waals surface area contributed by atoms with E-state index < -0.39 is 0 Å². The van der Waals surface area contributed by atoms with Crippen LogP contribution in [0.5, 0.6) is 0 Å². The van der Waals surface area contributed by atoms with Crippen LogP contribution in [0.1, 0.15) is 70.9 Å². The van der Waals surface area contributed by atoms with Crippen molar-refractivity contribution in [3.8, 4) is 0 Å². The van der Waals surface area contributed by atoms with Gasteiger partial charge in [0.1, 0.15) is 5.78 Å². The molecule has 3 nitrogen and oxygen atoms in total. The third-order valence-electron chi connectivity index (χ3n) is 5.67. The molecule has 1 aromatic rings. The average molecular weight is 362 g/mol. The van der Waals surface area contributed by atoms with Crippen molar-refractivity contribution in [3.05, 3.63) is 35.4 Å². The van der Waals surface area contributed by atoms with Crippen LogP contribution in [0.25, 0.3) is 0 Å². The van der Waals surface area contributed by atoms with Crippen LogP contribution in [0.2, 0.25) is 0 Å². The maximum Gasteiger partial charge on any atom is 0.140 e. The molecule has 0 spiro atoms. The number of carbonyl (C=O) groups is 1. The van der Waals surface area contributed by atoms with Gasteiger partial charge in [-0.25, -0.2) is 0 Å². The highest BCUT2D eigenvalue weighted by Crippen LogP contribution is 2.38. The minimum Gasteiger partial charge on any atom is -0.385 e. The van der Waals surface area contributed by atoms with Crippen LogP contribution in [0.4, 0.5) is 0 Å². The molecular formula is C23H39NO2. The van der Waals surface area contributed by atoms with E-state index in [1.165, 1.54) is 30.4 Å². The number of methoxy groups -OCH3 is 1. The Labute approximate surface area is 161 Å². The van der Waals surface area contributed by atoms with E-state index in [0.717, 1.165) is 32.5 Å². The minimum absolute atomic E-state index is 0.253. The number of ether oxygens (including phenoxy) is 1. The molecule has 1 aliphatic heterocycles. The molecule has 0 aliphatic carbocycles. The van der Waals surface area contributed by atoms with Crippen molar-refractivity contribution in [2.24, 2.45) is 0 Å². The standard InChI is InChI=1S/C17H25NO.C6H14O/c1-13(2)18-11-9-17(10-12-18,15(4)19)16-8-6-5-7-14(16)3;1-3-4-5-6-7-2/h5-8,13H,9-12H2,1-4H3;3-6H2,1-2H3. The quantitative estimate of drug-likeness (QED) is 0.629. The molecular weight excluding hydrogens is 322 g/mol. The van der Waals surface area contributed by atoms with Crippen molar-refractivity contribution in [3.63, 3.8) is 0 Å². The molecule has 3 heteroatoms. The SMILES string of the molecule is CC(=O)C1(c2ccccc2C)CCN(C(C)C)CC1.CCCCCOC. The number of nitrogens with zero attached hydrogens (tertiary/aromatic N) is 1. The Kier molecular flexibility index (Phi) is 10.1. The van der Waals surface area contributed by atoms with E-state index in [4.69, 9.17) is 4.74 Å². The molecule has 1 aliphatic rings. The second kappa shape index (κ2) is 11.5. The normalized spacial score (nSPS) is 16.9. The summed E-state index contributed by atoms with van der Waals surface area (Å²) < 4.78 is 4.84. The minimum atomic E-state index is -0.253. The molecule has 0 amide bonds. The van der Waals surface area contributed by atoms with Crippen LogP contribution >= 0.6 is 0 Å². The average Bonchev–Trinajstić information content (AvgIpc) is 2.63. The van der Waals surface area contributed by atoms with Crippen LogP contribution < -0.4 is 0 Å². The third-order valence-corrected chi connectivity index (χ3v) is 5.67. The molecule has 1 heterocycles. The van der Waals surface area contributed by atoms with Gasteiger partial charge in [-0.15, -0.1) is 0 Å². The highest BCUT2D eigenvalue weighted by Gasteiger charge is 2.41. The molecule has 0 radical (unpaired) electrons. The first-order chi connectivity index (χ1) is 12.4. The van der Waals surface area contributed by atoms with E-state index in [0.29, 0.717) is 11.8 Å². The Morgan fingerprint density at radius 2 is 1.81 bits per heavy atom. The van der Waals surface area contributed by atoms with Gasteiger partial charge in [-0.1, -0.05) is 44.0 Å². The Hall–Kier alpha value is -1.19. The van der Waals surface area contributed by atoms with Gasteiger partial charge in [-0.05, 0) is 71.2 Å². The topological polar surface area (TPSA) is 29.5 Å². The summed E-state index contributed by atoms with van der Waals surface area (Å²) in [4.78, 5) is 14.8. The summed E-state index contributed by atoms with van der Waals surface area (Å²) in [7, 11) is 1.75. The molecule has 1 fully saturated rings. The Morgan fingerprint density at radius 1 is 1.19 bits per heavy atom. The largest absolute Gasteiger partial charge is 0.385 e. The van der Waals surface area contributed by atoms with Crippen molar-refractivity contribution in [1.82, 2.24) is 4.90 Å². The highest BCUT2D eigenvalue weighted by atomic mass is 16.5. The van der Waals surface area contributed by atoms with Crippen LogP contribution in [0.3, 0.4) is 0 Å². The fraction of sp³-hybridized carbons (Fsp3) is 0.696. The summed E-state index contributed by atoms with van der Waals surface area (Å²) >= 11 is 0. The van der Waals surface area contributed by atoms with Crippen LogP contribution in [0, 0.1) is 6.92 Å². The number of benzene rings is 1. The van der Waals surface area contributed by atoms with E-state index in [2.05, 4.69) is 56.9 Å². The molecule has 0 atom stereocenters. The number of rotatable bonds is 7. The first kappa shape index (κ1) is 22.9. The molecule has 1 saturated heterocycles. The lowest BCUT2D eigenvalue weighted by Crippen LogP contribution is -2.48. The lowest BCUT2D eigenvalue weighted by atomic mass is 9.68. The number of piperidine rings is 1. The Balaban J connectivity index is 0.000000412. The predicted octanol–water partition coefficient (Wildman–Crippen LogP) is 5.15. The number of hydrogen-bond acceptors (Lipinski definition) is 3. The summed E-state index contributed by atoms with van der Waals surface area (Å²) in [6.07, 6.45) is 5.70. The van der Waals surface area contributed by atoms with Gasteiger partial charge < -0.3 is 9.64 Å². The summed E-state index contributed by atoms with van der Waals surface area (Å²) in [6, 6.07) is 8.94. The van der Waals surface area contributed by atoms with Crippen LogP contribution in [-0.2, 0) is 14.9 Å². The van der Waals surface area contributed by atoms with Gasteiger partial charge in [0.05, 0.1) is 5.41 Å². The zero-order chi connectivity index (χ0) is 19.6. The Bertz CT molecular complexity index is 527. The Morgan fingerprint density at radius 3 is 2.27 bits per heavy atom. The lowest BCUT2D eigenvalue weighted by Gasteiger charge is -2.42. The zero-order valence-electron chi connectivity index (χ0n) is 17.8. The third kappa shape index (κ3) is 6.21. The van der Waals surface area contributed by atoms with Crippen LogP contribution in [-0.4, -0.2) is 43.5 Å². The number of ketones is 1. The molecule has 148 valence electrons. The molecule has 0 unspecified atom stereocenters. The first-order valence-electron chi connectivity index (χ1n) is 10.2. The van der Waals surface area contributed by atoms with E-state index in [9.17, 15) is 4.79 Å². The summed E-state index contributed by atoms with van der Waals surface area (Å²) in [5.74, 6) is 0.324. The van der Waals surface area contributed by atoms with Crippen LogP contribution in [0.15, 0.2) is 24.3 Å². The second-order valence-corrected chi connectivity index (χ2v) is 7.78. The number of unbranched alkanes of at least 4 members (excludes halogenated alkanes) is 2. The van der Waals surface area contributed by atoms with Crippen molar-refractivity contribution in [1.29, 1.82) is 0 Å². The van der Waals surface area contributed by atoms with E-state index in [-0.39, 0.29) is 5.41 Å². The smallest absolute Gasteiger partial charge is 0.140 e. The molecule has 2 rings (SSSR count). The molecule has 0 aromatic heterocycles. The molecule has 0 N–H and O–H groups in total. The van der Waals surface area contributed by atoms with Gasteiger partial charge >= 0.3 is 0 Å². The van der Waals surface area contributed by atoms with Gasteiger partial charge in [0.2, 0.25) is 0 Å². The number of aryl methyl sites for hydroxylation is 1. The van der Waals surface area contributed by atoms with Crippen molar-refractivity contribution in [2.45, 2.75) is 78.2 Å². The number of hydrogen-bond donors (Lipinski definition) is 0. The highest BCUT2D eigenvalue weighted by molar-refractivity contribution is 5.88. The monoisotopic (exact) mass is 361 g/mol. The first-order valence-corrected chi connectivity index (χ1v) is 10.2.